The van der Waals surface area contributed by atoms with Crippen molar-refractivity contribution in [3.63, 3.8) is 0 Å². The van der Waals surface area contributed by atoms with Gasteiger partial charge in [-0.3, -0.25) is 4.79 Å². The lowest BCUT2D eigenvalue weighted by atomic mass is 10.2. The third-order valence-electron chi connectivity index (χ3n) is 4.63. The number of nitrogens with zero attached hydrogens (tertiary/aromatic N) is 3. The quantitative estimate of drug-likeness (QED) is 0.426. The molecule has 4 rings (SSSR count). The molecule has 2 heterocycles. The molecule has 0 aliphatic rings. The third kappa shape index (κ3) is 3.08. The van der Waals surface area contributed by atoms with Gasteiger partial charge in [0.05, 0.1) is 22.4 Å². The van der Waals surface area contributed by atoms with E-state index in [2.05, 4.69) is 15.3 Å². The predicted molar refractivity (Wildman–Crippen MR) is 107 cm³/mol. The first kappa shape index (κ1) is 19.9. The normalized spacial score (nSPS) is 12.0. The van der Waals surface area contributed by atoms with E-state index in [-0.39, 0.29) is 51.2 Å². The number of phenolic OH excluding ortho intramolecular Hbond substituents is 1. The number of hydrogen-bond donors (Lipinski definition) is 3. The number of nitrogens with one attached hydrogen (secondary N) is 1. The molecule has 30 heavy (non-hydrogen) atoms. The largest absolute Gasteiger partial charge is 0.504 e. The van der Waals surface area contributed by atoms with Gasteiger partial charge in [0.25, 0.3) is 5.56 Å². The van der Waals surface area contributed by atoms with Crippen LogP contribution in [0.15, 0.2) is 45.0 Å². The van der Waals surface area contributed by atoms with Gasteiger partial charge >= 0.3 is 0 Å². The first-order chi connectivity index (χ1) is 14.2. The summed E-state index contributed by atoms with van der Waals surface area (Å²) in [6, 6.07) is 7.43. The zero-order chi connectivity index (χ0) is 21.6. The second-order valence-electron chi connectivity index (χ2n) is 6.77. The number of sulfone groups is 1. The molecule has 4 aromatic rings. The first-order valence-corrected chi connectivity index (χ1v) is 10.4. The van der Waals surface area contributed by atoms with Crippen LogP contribution in [0.1, 0.15) is 11.1 Å². The number of aliphatic hydroxyl groups is 1. The molecular formula is C19H18N4O6S. The first-order valence-electron chi connectivity index (χ1n) is 8.94. The van der Waals surface area contributed by atoms with E-state index >= 15 is 0 Å². The summed E-state index contributed by atoms with van der Waals surface area (Å²) in [6.07, 6.45) is 0. The predicted octanol–water partition coefficient (Wildman–Crippen LogP) is 1.10. The van der Waals surface area contributed by atoms with Gasteiger partial charge in [-0.2, -0.15) is 4.98 Å². The van der Waals surface area contributed by atoms with Gasteiger partial charge in [0, 0.05) is 6.07 Å². The minimum absolute atomic E-state index is 0.0179. The fourth-order valence-corrected chi connectivity index (χ4v) is 4.76. The van der Waals surface area contributed by atoms with Crippen molar-refractivity contribution in [2.24, 2.45) is 0 Å². The van der Waals surface area contributed by atoms with E-state index in [0.29, 0.717) is 5.56 Å². The van der Waals surface area contributed by atoms with Crippen LogP contribution in [-0.2, 0) is 9.84 Å². The Hall–Kier alpha value is -3.44. The van der Waals surface area contributed by atoms with Gasteiger partial charge in [-0.15, -0.1) is 5.10 Å². The Balaban J connectivity index is 1.98. The average Bonchev–Trinajstić information content (AvgIpc) is 3.11. The summed E-state index contributed by atoms with van der Waals surface area (Å²) in [7, 11) is -4.07. The lowest BCUT2D eigenvalue weighted by Crippen LogP contribution is -2.13. The van der Waals surface area contributed by atoms with E-state index in [1.807, 2.05) is 6.92 Å². The molecule has 3 N–H and O–H groups in total. The Labute approximate surface area is 170 Å². The molecule has 0 spiro atoms. The van der Waals surface area contributed by atoms with Crippen molar-refractivity contribution in [3.8, 4) is 11.5 Å². The summed E-state index contributed by atoms with van der Waals surface area (Å²) in [5, 5.41) is 25.1. The highest BCUT2D eigenvalue weighted by molar-refractivity contribution is 7.91. The van der Waals surface area contributed by atoms with Crippen molar-refractivity contribution >= 4 is 26.4 Å². The van der Waals surface area contributed by atoms with Crippen LogP contribution in [-0.4, -0.2) is 51.7 Å². The highest BCUT2D eigenvalue weighted by Crippen LogP contribution is 2.31. The molecule has 0 unspecified atom stereocenters. The van der Waals surface area contributed by atoms with Gasteiger partial charge in [0.15, 0.2) is 17.1 Å². The zero-order valence-corrected chi connectivity index (χ0v) is 16.9. The topological polar surface area (TPSA) is 147 Å². The molecule has 0 radical (unpaired) electrons. The Morgan fingerprint density at radius 2 is 1.97 bits per heavy atom. The van der Waals surface area contributed by atoms with Gasteiger partial charge in [0.1, 0.15) is 6.61 Å². The van der Waals surface area contributed by atoms with Crippen LogP contribution in [0.3, 0.4) is 0 Å². The third-order valence-corrected chi connectivity index (χ3v) is 6.45. The summed E-state index contributed by atoms with van der Waals surface area (Å²) >= 11 is 0. The molecular weight excluding hydrogens is 412 g/mol. The van der Waals surface area contributed by atoms with E-state index in [9.17, 15) is 18.3 Å². The number of fused-ring (bicyclic) bond motifs is 3. The number of aromatic nitrogens is 4. The summed E-state index contributed by atoms with van der Waals surface area (Å²) in [5.74, 6) is -0.290. The summed E-state index contributed by atoms with van der Waals surface area (Å²) in [6.45, 7) is 3.19. The second kappa shape index (κ2) is 7.11. The molecule has 0 fully saturated rings. The summed E-state index contributed by atoms with van der Waals surface area (Å²) in [5.41, 5.74) is 0.766. The van der Waals surface area contributed by atoms with Crippen molar-refractivity contribution in [1.29, 1.82) is 0 Å². The minimum Gasteiger partial charge on any atom is -0.504 e. The molecule has 156 valence electrons. The van der Waals surface area contributed by atoms with E-state index in [1.165, 1.54) is 22.7 Å². The Bertz CT molecular complexity index is 1460. The van der Waals surface area contributed by atoms with Crippen LogP contribution in [0, 0.1) is 13.8 Å². The van der Waals surface area contributed by atoms with Gasteiger partial charge in [-0.05, 0) is 31.5 Å². The Morgan fingerprint density at radius 3 is 2.67 bits per heavy atom. The highest BCUT2D eigenvalue weighted by atomic mass is 32.2. The Morgan fingerprint density at radius 1 is 1.20 bits per heavy atom. The number of aromatic hydroxyl groups is 1. The highest BCUT2D eigenvalue weighted by Gasteiger charge is 2.28. The molecule has 0 aliphatic heterocycles. The number of ether oxygens (including phenoxy) is 1. The summed E-state index contributed by atoms with van der Waals surface area (Å²) in [4.78, 5) is 16.5. The maximum Gasteiger partial charge on any atom is 0.281 e. The van der Waals surface area contributed by atoms with Crippen LogP contribution in [0.5, 0.6) is 11.5 Å². The zero-order valence-electron chi connectivity index (χ0n) is 16.1. The number of H-pyrrole nitrogens is 1. The molecule has 2 aromatic carbocycles. The van der Waals surface area contributed by atoms with Crippen molar-refractivity contribution in [3.05, 3.63) is 51.8 Å². The van der Waals surface area contributed by atoms with Crippen LogP contribution in [0.25, 0.3) is 16.6 Å². The SMILES string of the molecule is Cc1ccc(S(=O)(=O)c2n[nH]n3c2nc(=O)c2cc(O)c(OCCO)cc23)c(C)c1. The van der Waals surface area contributed by atoms with Gasteiger partial charge in [0.2, 0.25) is 14.9 Å². The van der Waals surface area contributed by atoms with Crippen molar-refractivity contribution < 1.29 is 23.4 Å². The lowest BCUT2D eigenvalue weighted by Gasteiger charge is -2.09. The van der Waals surface area contributed by atoms with Gasteiger partial charge < -0.3 is 14.9 Å². The molecule has 11 heteroatoms. The van der Waals surface area contributed by atoms with Crippen molar-refractivity contribution in [2.75, 3.05) is 13.2 Å². The van der Waals surface area contributed by atoms with E-state index < -0.39 is 15.4 Å². The smallest absolute Gasteiger partial charge is 0.281 e. The number of phenols is 1. The minimum atomic E-state index is -4.07. The number of hydrogen-bond acceptors (Lipinski definition) is 8. The second-order valence-corrected chi connectivity index (χ2v) is 8.61. The average molecular weight is 430 g/mol. The van der Waals surface area contributed by atoms with Gasteiger partial charge in [-0.1, -0.05) is 17.7 Å². The number of aryl methyl sites for hydroxylation is 2. The number of aliphatic hydroxyl groups excluding tert-OH is 1. The maximum absolute atomic E-state index is 13.2. The fourth-order valence-electron chi connectivity index (χ4n) is 3.28. The molecule has 0 saturated carbocycles. The molecule has 0 saturated heterocycles. The molecule has 10 nitrogen and oxygen atoms in total. The van der Waals surface area contributed by atoms with E-state index in [0.717, 1.165) is 5.56 Å². The number of benzene rings is 2. The van der Waals surface area contributed by atoms with Crippen molar-refractivity contribution in [2.45, 2.75) is 23.8 Å². The van der Waals surface area contributed by atoms with Crippen LogP contribution >= 0.6 is 0 Å². The van der Waals surface area contributed by atoms with E-state index in [4.69, 9.17) is 9.84 Å². The molecule has 0 bridgehead atoms. The number of rotatable bonds is 5. The van der Waals surface area contributed by atoms with Crippen LogP contribution in [0.4, 0.5) is 0 Å². The molecule has 0 aliphatic carbocycles. The van der Waals surface area contributed by atoms with Crippen LogP contribution < -0.4 is 10.3 Å². The molecule has 2 aromatic heterocycles. The monoisotopic (exact) mass is 430 g/mol. The van der Waals surface area contributed by atoms with E-state index in [1.54, 1.807) is 19.1 Å². The Kier molecular flexibility index (Phi) is 4.71. The maximum atomic E-state index is 13.2. The van der Waals surface area contributed by atoms with Crippen LogP contribution in [0.2, 0.25) is 0 Å². The van der Waals surface area contributed by atoms with Gasteiger partial charge in [-0.25, -0.2) is 18.1 Å². The number of aromatic amines is 1. The molecule has 0 amide bonds. The van der Waals surface area contributed by atoms with Crippen molar-refractivity contribution in [1.82, 2.24) is 19.8 Å². The fraction of sp³-hybridized carbons (Fsp3) is 0.211. The summed E-state index contributed by atoms with van der Waals surface area (Å²) < 4.78 is 32.9. The molecule has 0 atom stereocenters. The standard InChI is InChI=1S/C19H18N4O6S/c1-10-3-4-16(11(2)7-10)30(27,28)19-17-20-18(26)12-8-14(25)15(29-6-5-24)9-13(12)23(17)22-21-19/h3-4,7-9,22,24-25H,5-6H2,1-2H3. The lowest BCUT2D eigenvalue weighted by molar-refractivity contribution is 0.197.